The number of carbonyl (C=O) groups excluding carboxylic acids is 1. The van der Waals surface area contributed by atoms with Crippen molar-refractivity contribution in [2.24, 2.45) is 0 Å². The molecule has 3 rings (SSSR count). The number of nitrogens with one attached hydrogen (secondary N) is 2. The molecule has 0 spiro atoms. The van der Waals surface area contributed by atoms with Gasteiger partial charge in [-0.05, 0) is 35.4 Å². The minimum atomic E-state index is -0.443. The number of hydrogen-bond acceptors (Lipinski definition) is 5. The summed E-state index contributed by atoms with van der Waals surface area (Å²) in [5.74, 6) is 0.169. The van der Waals surface area contributed by atoms with Gasteiger partial charge in [0.15, 0.2) is 11.5 Å². The van der Waals surface area contributed by atoms with E-state index in [9.17, 15) is 13.6 Å². The molecule has 0 radical (unpaired) electrons. The van der Waals surface area contributed by atoms with Gasteiger partial charge in [0.1, 0.15) is 11.6 Å². The smallest absolute Gasteiger partial charge is 0.238 e. The fourth-order valence-corrected chi connectivity index (χ4v) is 3.29. The maximum absolute atomic E-state index is 13.4. The Morgan fingerprint density at radius 2 is 1.28 bits per heavy atom. The topological polar surface area (TPSA) is 68.8 Å². The van der Waals surface area contributed by atoms with E-state index in [1.807, 2.05) is 0 Å². The molecule has 0 atom stereocenters. The van der Waals surface area contributed by atoms with Gasteiger partial charge in [-0.1, -0.05) is 24.3 Å². The molecule has 0 bridgehead atoms. The van der Waals surface area contributed by atoms with Crippen LogP contribution in [0.4, 0.5) is 14.5 Å². The molecular formula is C24H24F2N2O4. The monoisotopic (exact) mass is 442 g/mol. The second-order valence-corrected chi connectivity index (χ2v) is 6.88. The molecule has 32 heavy (non-hydrogen) atoms. The van der Waals surface area contributed by atoms with Crippen molar-refractivity contribution in [1.29, 1.82) is 0 Å². The zero-order chi connectivity index (χ0) is 23.1. The number of carbonyl (C=O) groups is 1. The van der Waals surface area contributed by atoms with E-state index in [0.717, 1.165) is 11.1 Å². The molecule has 0 unspecified atom stereocenters. The maximum atomic E-state index is 13.4. The van der Waals surface area contributed by atoms with Gasteiger partial charge in [-0.15, -0.1) is 0 Å². The Morgan fingerprint density at radius 1 is 0.812 bits per heavy atom. The van der Waals surface area contributed by atoms with Gasteiger partial charge in [-0.2, -0.15) is 0 Å². The predicted octanol–water partition coefficient (Wildman–Crippen LogP) is 4.31. The van der Waals surface area contributed by atoms with E-state index in [1.165, 1.54) is 45.6 Å². The SMILES string of the molecule is COc1cc(NC(=O)CNC(c2ccc(F)cc2)c2ccc(F)cc2)cc(OC)c1OC. The van der Waals surface area contributed by atoms with Gasteiger partial charge in [-0.25, -0.2) is 8.78 Å². The van der Waals surface area contributed by atoms with Gasteiger partial charge < -0.3 is 19.5 Å². The van der Waals surface area contributed by atoms with Crippen LogP contribution in [-0.2, 0) is 4.79 Å². The summed E-state index contributed by atoms with van der Waals surface area (Å²) in [4.78, 5) is 12.6. The van der Waals surface area contributed by atoms with Gasteiger partial charge in [0, 0.05) is 17.8 Å². The van der Waals surface area contributed by atoms with Gasteiger partial charge in [0.2, 0.25) is 11.7 Å². The molecule has 6 nitrogen and oxygen atoms in total. The van der Waals surface area contributed by atoms with Crippen molar-refractivity contribution in [2.75, 3.05) is 33.2 Å². The third kappa shape index (κ3) is 5.53. The predicted molar refractivity (Wildman–Crippen MR) is 117 cm³/mol. The largest absolute Gasteiger partial charge is 0.493 e. The average molecular weight is 442 g/mol. The molecule has 0 aromatic heterocycles. The highest BCUT2D eigenvalue weighted by atomic mass is 19.1. The lowest BCUT2D eigenvalue weighted by atomic mass is 9.98. The molecule has 0 fully saturated rings. The molecule has 3 aromatic carbocycles. The van der Waals surface area contributed by atoms with Crippen LogP contribution in [0.25, 0.3) is 0 Å². The molecule has 0 aliphatic rings. The minimum absolute atomic E-state index is 0.0594. The van der Waals surface area contributed by atoms with Crippen LogP contribution >= 0.6 is 0 Å². The van der Waals surface area contributed by atoms with Crippen molar-refractivity contribution in [3.63, 3.8) is 0 Å². The van der Waals surface area contributed by atoms with Crippen LogP contribution in [-0.4, -0.2) is 33.8 Å². The summed E-state index contributed by atoms with van der Waals surface area (Å²) in [5, 5.41) is 5.93. The Labute approximate surface area is 185 Å². The first-order chi connectivity index (χ1) is 15.4. The summed E-state index contributed by atoms with van der Waals surface area (Å²) in [7, 11) is 4.47. The fourth-order valence-electron chi connectivity index (χ4n) is 3.29. The third-order valence-electron chi connectivity index (χ3n) is 4.82. The van der Waals surface area contributed by atoms with Crippen LogP contribution in [0.1, 0.15) is 17.2 Å². The Hall–Kier alpha value is -3.65. The van der Waals surface area contributed by atoms with Crippen molar-refractivity contribution in [1.82, 2.24) is 5.32 Å². The Kier molecular flexibility index (Phi) is 7.62. The first-order valence-electron chi connectivity index (χ1n) is 9.79. The summed E-state index contributed by atoms with van der Waals surface area (Å²) in [6, 6.07) is 14.6. The summed E-state index contributed by atoms with van der Waals surface area (Å²) in [5.41, 5.74) is 1.93. The molecular weight excluding hydrogens is 418 g/mol. The second kappa shape index (κ2) is 10.6. The zero-order valence-corrected chi connectivity index (χ0v) is 17.9. The number of benzene rings is 3. The van der Waals surface area contributed by atoms with Gasteiger partial charge in [-0.3, -0.25) is 10.1 Å². The van der Waals surface area contributed by atoms with Crippen molar-refractivity contribution in [3.05, 3.63) is 83.4 Å². The standard InChI is InChI=1S/C24H24F2N2O4/c1-30-20-12-19(13-21(31-2)24(20)32-3)28-22(29)14-27-23(15-4-8-17(25)9-5-15)16-6-10-18(26)11-7-16/h4-13,23,27H,14H2,1-3H3,(H,28,29). The maximum Gasteiger partial charge on any atom is 0.238 e. The number of halogens is 2. The Balaban J connectivity index is 1.77. The first kappa shape index (κ1) is 23.0. The van der Waals surface area contributed by atoms with Crippen LogP contribution in [0.5, 0.6) is 17.2 Å². The van der Waals surface area contributed by atoms with Crippen molar-refractivity contribution in [2.45, 2.75) is 6.04 Å². The number of amides is 1. The lowest BCUT2D eigenvalue weighted by Gasteiger charge is -2.20. The minimum Gasteiger partial charge on any atom is -0.493 e. The number of rotatable bonds is 9. The van der Waals surface area contributed by atoms with Crippen LogP contribution in [0.2, 0.25) is 0 Å². The van der Waals surface area contributed by atoms with Crippen LogP contribution in [0.15, 0.2) is 60.7 Å². The Bertz CT molecular complexity index is 986. The summed E-state index contributed by atoms with van der Waals surface area (Å²) in [6.45, 7) is -0.0594. The highest BCUT2D eigenvalue weighted by Crippen LogP contribution is 2.39. The summed E-state index contributed by atoms with van der Waals surface area (Å²) < 4.78 is 42.6. The molecule has 0 saturated heterocycles. The van der Waals surface area contributed by atoms with Crippen LogP contribution in [0.3, 0.4) is 0 Å². The molecule has 3 aromatic rings. The normalized spacial score (nSPS) is 10.7. The number of hydrogen-bond donors (Lipinski definition) is 2. The van der Waals surface area contributed by atoms with E-state index >= 15 is 0 Å². The molecule has 1 amide bonds. The van der Waals surface area contributed by atoms with E-state index in [2.05, 4.69) is 10.6 Å². The van der Waals surface area contributed by atoms with E-state index in [-0.39, 0.29) is 24.1 Å². The average Bonchev–Trinajstić information content (AvgIpc) is 2.80. The van der Waals surface area contributed by atoms with Crippen molar-refractivity contribution in [3.8, 4) is 17.2 Å². The highest BCUT2D eigenvalue weighted by Gasteiger charge is 2.17. The van der Waals surface area contributed by atoms with E-state index in [1.54, 1.807) is 36.4 Å². The van der Waals surface area contributed by atoms with Crippen LogP contribution in [0, 0.1) is 11.6 Å². The third-order valence-corrected chi connectivity index (χ3v) is 4.82. The lowest BCUT2D eigenvalue weighted by molar-refractivity contribution is -0.115. The number of methoxy groups -OCH3 is 3. The number of ether oxygens (including phenoxy) is 3. The molecule has 8 heteroatoms. The van der Waals surface area contributed by atoms with E-state index in [4.69, 9.17) is 14.2 Å². The summed E-state index contributed by atoms with van der Waals surface area (Å²) in [6.07, 6.45) is 0. The molecule has 0 aliphatic heterocycles. The molecule has 0 aliphatic carbocycles. The van der Waals surface area contributed by atoms with Crippen molar-refractivity contribution < 1.29 is 27.8 Å². The summed E-state index contributed by atoms with van der Waals surface area (Å²) >= 11 is 0. The molecule has 0 saturated carbocycles. The molecule has 2 N–H and O–H groups in total. The fraction of sp³-hybridized carbons (Fsp3) is 0.208. The number of anilines is 1. The van der Waals surface area contributed by atoms with Gasteiger partial charge >= 0.3 is 0 Å². The van der Waals surface area contributed by atoms with Crippen molar-refractivity contribution >= 4 is 11.6 Å². The van der Waals surface area contributed by atoms with E-state index in [0.29, 0.717) is 22.9 Å². The quantitative estimate of drug-likeness (QED) is 0.517. The van der Waals surface area contributed by atoms with Crippen LogP contribution < -0.4 is 24.8 Å². The highest BCUT2D eigenvalue weighted by molar-refractivity contribution is 5.93. The zero-order valence-electron chi connectivity index (χ0n) is 17.9. The first-order valence-corrected chi connectivity index (χ1v) is 9.79. The molecule has 0 heterocycles. The van der Waals surface area contributed by atoms with Gasteiger partial charge in [0.05, 0.1) is 33.9 Å². The Morgan fingerprint density at radius 3 is 1.69 bits per heavy atom. The molecule has 168 valence electrons. The lowest BCUT2D eigenvalue weighted by Crippen LogP contribution is -2.32. The van der Waals surface area contributed by atoms with Gasteiger partial charge in [0.25, 0.3) is 0 Å². The second-order valence-electron chi connectivity index (χ2n) is 6.88. The van der Waals surface area contributed by atoms with E-state index < -0.39 is 6.04 Å².